The minimum Gasteiger partial charge on any atom is -0.332 e. The van der Waals surface area contributed by atoms with E-state index in [4.69, 9.17) is 12.2 Å². The number of anilines is 1. The van der Waals surface area contributed by atoms with Gasteiger partial charge in [-0.3, -0.25) is 10.1 Å². The second kappa shape index (κ2) is 7.93. The van der Waals surface area contributed by atoms with E-state index in [9.17, 15) is 4.79 Å². The second-order valence-electron chi connectivity index (χ2n) is 6.23. The summed E-state index contributed by atoms with van der Waals surface area (Å²) in [5, 5.41) is 6.07. The van der Waals surface area contributed by atoms with Crippen molar-refractivity contribution < 1.29 is 4.79 Å². The second-order valence-corrected chi connectivity index (χ2v) is 6.64. The monoisotopic (exact) mass is 360 g/mol. The van der Waals surface area contributed by atoms with Crippen LogP contribution in [0.1, 0.15) is 21.5 Å². The number of benzene rings is 3. The number of thiocarbonyl (C=S) groups is 1. The van der Waals surface area contributed by atoms with E-state index in [0.29, 0.717) is 5.56 Å². The van der Waals surface area contributed by atoms with Gasteiger partial charge in [0.1, 0.15) is 0 Å². The Bertz CT molecular complexity index is 914. The molecule has 3 rings (SSSR count). The number of carbonyl (C=O) groups excluding carboxylic acids is 1. The van der Waals surface area contributed by atoms with Gasteiger partial charge in [-0.2, -0.15) is 0 Å². The van der Waals surface area contributed by atoms with Gasteiger partial charge in [-0.25, -0.2) is 0 Å². The van der Waals surface area contributed by atoms with Crippen LogP contribution in [0.25, 0.3) is 11.1 Å². The summed E-state index contributed by atoms with van der Waals surface area (Å²) in [5.74, 6) is -0.230. The van der Waals surface area contributed by atoms with Crippen LogP contribution in [0.5, 0.6) is 0 Å². The Hall–Kier alpha value is -2.98. The van der Waals surface area contributed by atoms with E-state index in [1.807, 2.05) is 68.4 Å². The molecule has 0 bridgehead atoms. The van der Waals surface area contributed by atoms with E-state index >= 15 is 0 Å². The first-order valence-corrected chi connectivity index (χ1v) is 8.78. The topological polar surface area (TPSA) is 41.1 Å². The Morgan fingerprint density at radius 1 is 0.808 bits per heavy atom. The summed E-state index contributed by atoms with van der Waals surface area (Å²) in [6.45, 7) is 4.04. The Morgan fingerprint density at radius 2 is 1.38 bits per heavy atom. The van der Waals surface area contributed by atoms with Gasteiger partial charge in [-0.15, -0.1) is 0 Å². The highest BCUT2D eigenvalue weighted by Crippen LogP contribution is 2.19. The lowest BCUT2D eigenvalue weighted by molar-refractivity contribution is 0.0978. The number of hydrogen-bond donors (Lipinski definition) is 2. The van der Waals surface area contributed by atoms with Crippen molar-refractivity contribution in [3.8, 4) is 11.1 Å². The maximum atomic E-state index is 12.4. The van der Waals surface area contributed by atoms with Crippen molar-refractivity contribution >= 4 is 28.9 Å². The highest BCUT2D eigenvalue weighted by atomic mass is 32.1. The molecule has 0 spiro atoms. The highest BCUT2D eigenvalue weighted by Gasteiger charge is 2.09. The SMILES string of the molecule is Cc1cc(C)cc(NC(=S)NC(=O)c2ccc(-c3ccccc3)cc2)c1. The molecule has 0 aliphatic carbocycles. The van der Waals surface area contributed by atoms with Crippen molar-refractivity contribution in [3.63, 3.8) is 0 Å². The van der Waals surface area contributed by atoms with Gasteiger partial charge in [0.25, 0.3) is 5.91 Å². The van der Waals surface area contributed by atoms with E-state index in [1.165, 1.54) is 0 Å². The molecule has 3 aromatic rings. The highest BCUT2D eigenvalue weighted by molar-refractivity contribution is 7.80. The third kappa shape index (κ3) is 4.55. The first kappa shape index (κ1) is 17.8. The molecule has 0 heterocycles. The third-order valence-corrected chi connectivity index (χ3v) is 4.16. The third-order valence-electron chi connectivity index (χ3n) is 3.96. The molecule has 0 saturated heterocycles. The molecule has 3 nitrogen and oxygen atoms in total. The molecule has 130 valence electrons. The smallest absolute Gasteiger partial charge is 0.257 e. The summed E-state index contributed by atoms with van der Waals surface area (Å²) in [6, 6.07) is 23.6. The summed E-state index contributed by atoms with van der Waals surface area (Å²) >= 11 is 5.26. The zero-order chi connectivity index (χ0) is 18.5. The van der Waals surface area contributed by atoms with Crippen molar-refractivity contribution in [2.24, 2.45) is 0 Å². The molecule has 0 radical (unpaired) electrons. The van der Waals surface area contributed by atoms with Gasteiger partial charge in [-0.1, -0.05) is 48.5 Å². The molecule has 2 N–H and O–H groups in total. The van der Waals surface area contributed by atoms with Crippen LogP contribution in [0.15, 0.2) is 72.8 Å². The van der Waals surface area contributed by atoms with Crippen molar-refractivity contribution in [2.75, 3.05) is 5.32 Å². The van der Waals surface area contributed by atoms with Crippen LogP contribution < -0.4 is 10.6 Å². The average Bonchev–Trinajstić information content (AvgIpc) is 2.61. The molecule has 0 atom stereocenters. The van der Waals surface area contributed by atoms with Crippen LogP contribution in [-0.4, -0.2) is 11.0 Å². The lowest BCUT2D eigenvalue weighted by Crippen LogP contribution is -2.34. The van der Waals surface area contributed by atoms with Crippen molar-refractivity contribution in [1.29, 1.82) is 0 Å². The fraction of sp³-hybridized carbons (Fsp3) is 0.0909. The van der Waals surface area contributed by atoms with Gasteiger partial charge >= 0.3 is 0 Å². The standard InChI is InChI=1S/C22H20N2OS/c1-15-12-16(2)14-20(13-15)23-22(26)24-21(25)19-10-8-18(9-11-19)17-6-4-3-5-7-17/h3-14H,1-2H3,(H2,23,24,25,26). The summed E-state index contributed by atoms with van der Waals surface area (Å²) in [6.07, 6.45) is 0. The first-order valence-electron chi connectivity index (χ1n) is 8.37. The molecule has 0 saturated carbocycles. The van der Waals surface area contributed by atoms with Gasteiger partial charge in [-0.05, 0) is 72.6 Å². The van der Waals surface area contributed by atoms with Crippen LogP contribution in [0.4, 0.5) is 5.69 Å². The Kier molecular flexibility index (Phi) is 5.44. The van der Waals surface area contributed by atoms with Crippen LogP contribution in [0, 0.1) is 13.8 Å². The molecule has 0 aromatic heterocycles. The van der Waals surface area contributed by atoms with Crippen molar-refractivity contribution in [1.82, 2.24) is 5.32 Å². The van der Waals surface area contributed by atoms with E-state index in [-0.39, 0.29) is 11.0 Å². The van der Waals surface area contributed by atoms with E-state index in [2.05, 4.69) is 16.7 Å². The van der Waals surface area contributed by atoms with Gasteiger partial charge in [0.05, 0.1) is 0 Å². The predicted octanol–water partition coefficient (Wildman–Crippen LogP) is 5.10. The molecule has 4 heteroatoms. The van der Waals surface area contributed by atoms with Crippen molar-refractivity contribution in [3.05, 3.63) is 89.5 Å². The summed E-state index contributed by atoms with van der Waals surface area (Å²) in [4.78, 5) is 12.4. The molecule has 1 amide bonds. The van der Waals surface area contributed by atoms with E-state index < -0.39 is 0 Å². The zero-order valence-electron chi connectivity index (χ0n) is 14.7. The number of carbonyl (C=O) groups is 1. The lowest BCUT2D eigenvalue weighted by atomic mass is 10.0. The van der Waals surface area contributed by atoms with Crippen LogP contribution in [-0.2, 0) is 0 Å². The number of nitrogens with one attached hydrogen (secondary N) is 2. The minimum atomic E-state index is -0.230. The first-order chi connectivity index (χ1) is 12.5. The molecule has 0 unspecified atom stereocenters. The molecule has 0 aliphatic heterocycles. The number of amides is 1. The molecule has 0 fully saturated rings. The Labute approximate surface area is 159 Å². The van der Waals surface area contributed by atoms with Crippen LogP contribution >= 0.6 is 12.2 Å². The normalized spacial score (nSPS) is 10.2. The molecule has 3 aromatic carbocycles. The quantitative estimate of drug-likeness (QED) is 0.639. The molecular weight excluding hydrogens is 340 g/mol. The van der Waals surface area contributed by atoms with Crippen molar-refractivity contribution in [2.45, 2.75) is 13.8 Å². The fourth-order valence-electron chi connectivity index (χ4n) is 2.83. The van der Waals surface area contributed by atoms with Gasteiger partial charge in [0, 0.05) is 11.3 Å². The number of aryl methyl sites for hydroxylation is 2. The average molecular weight is 360 g/mol. The van der Waals surface area contributed by atoms with Gasteiger partial charge < -0.3 is 5.32 Å². The summed E-state index contributed by atoms with van der Waals surface area (Å²) in [5.41, 5.74) is 5.89. The predicted molar refractivity (Wildman–Crippen MR) is 111 cm³/mol. The minimum absolute atomic E-state index is 0.230. The molecular formula is C22H20N2OS. The lowest BCUT2D eigenvalue weighted by Gasteiger charge is -2.11. The van der Waals surface area contributed by atoms with Crippen LogP contribution in [0.2, 0.25) is 0 Å². The Morgan fingerprint density at radius 3 is 2.00 bits per heavy atom. The van der Waals surface area contributed by atoms with Gasteiger partial charge in [0.2, 0.25) is 0 Å². The Balaban J connectivity index is 1.65. The maximum absolute atomic E-state index is 12.4. The largest absolute Gasteiger partial charge is 0.332 e. The zero-order valence-corrected chi connectivity index (χ0v) is 15.6. The van der Waals surface area contributed by atoms with E-state index in [0.717, 1.165) is 27.9 Å². The molecule has 26 heavy (non-hydrogen) atoms. The number of rotatable bonds is 3. The van der Waals surface area contributed by atoms with Crippen LogP contribution in [0.3, 0.4) is 0 Å². The summed E-state index contributed by atoms with van der Waals surface area (Å²) < 4.78 is 0. The number of hydrogen-bond acceptors (Lipinski definition) is 2. The van der Waals surface area contributed by atoms with E-state index in [1.54, 1.807) is 12.1 Å². The summed E-state index contributed by atoms with van der Waals surface area (Å²) in [7, 11) is 0. The fourth-order valence-corrected chi connectivity index (χ4v) is 3.04. The maximum Gasteiger partial charge on any atom is 0.257 e. The van der Waals surface area contributed by atoms with Gasteiger partial charge in [0.15, 0.2) is 5.11 Å². The molecule has 0 aliphatic rings.